The van der Waals surface area contributed by atoms with Gasteiger partial charge in [-0.15, -0.1) is 0 Å². The predicted octanol–water partition coefficient (Wildman–Crippen LogP) is 2.20. The van der Waals surface area contributed by atoms with Gasteiger partial charge >= 0.3 is 0 Å². The Kier molecular flexibility index (Phi) is 5.84. The first-order valence-electron chi connectivity index (χ1n) is 7.55. The van der Waals surface area contributed by atoms with E-state index in [1.807, 2.05) is 0 Å². The summed E-state index contributed by atoms with van der Waals surface area (Å²) in [5.74, 6) is 0. The van der Waals surface area contributed by atoms with Crippen molar-refractivity contribution in [1.29, 1.82) is 0 Å². The summed E-state index contributed by atoms with van der Waals surface area (Å²) in [6.07, 6.45) is -1.06. The molecule has 0 aromatic rings. The molecule has 1 aliphatic heterocycles. The molecule has 3 atom stereocenters. The summed E-state index contributed by atoms with van der Waals surface area (Å²) < 4.78 is 5.93. The van der Waals surface area contributed by atoms with Crippen LogP contribution < -0.4 is 0 Å². The number of rotatable bonds is 5. The van der Waals surface area contributed by atoms with Gasteiger partial charge in [0.1, 0.15) is 26.4 Å². The number of hydrogen-bond donors (Lipinski definition) is 3. The maximum absolute atomic E-state index is 10.1. The Morgan fingerprint density at radius 2 is 1.50 bits per heavy atom. The Bertz CT molecular complexity index is 330. The van der Waals surface area contributed by atoms with Gasteiger partial charge in [-0.3, -0.25) is 0 Å². The average Bonchev–Trinajstić information content (AvgIpc) is 2.32. The minimum atomic E-state index is -2.00. The van der Waals surface area contributed by atoms with Gasteiger partial charge < -0.3 is 20.1 Å². The van der Waals surface area contributed by atoms with Crippen molar-refractivity contribution in [3.05, 3.63) is 11.5 Å². The van der Waals surface area contributed by atoms with Crippen molar-refractivity contribution in [2.75, 3.05) is 6.61 Å². The fourth-order valence-electron chi connectivity index (χ4n) is 3.99. The van der Waals surface area contributed by atoms with Crippen molar-refractivity contribution in [2.24, 2.45) is 0 Å². The number of aliphatic hydroxyl groups excluding tert-OH is 3. The Morgan fingerprint density at radius 1 is 1.05 bits per heavy atom. The van der Waals surface area contributed by atoms with Crippen LogP contribution in [0.5, 0.6) is 0 Å². The standard InChI is InChI=1S/C15H30O4Si/c1-9(2)20(10(3)4,11(5)6)14-7-12(17)15(18)13(8-16)19-14/h7,9-13,15-18H,8H2,1-6H3/t12-,13-,15+/m0/s1. The van der Waals surface area contributed by atoms with Gasteiger partial charge in [-0.1, -0.05) is 41.5 Å². The molecule has 3 N–H and O–H groups in total. The summed E-state index contributed by atoms with van der Waals surface area (Å²) in [6.45, 7) is 13.0. The highest BCUT2D eigenvalue weighted by Crippen LogP contribution is 2.48. The van der Waals surface area contributed by atoms with E-state index >= 15 is 0 Å². The lowest BCUT2D eigenvalue weighted by Crippen LogP contribution is -2.53. The van der Waals surface area contributed by atoms with E-state index in [0.29, 0.717) is 16.6 Å². The monoisotopic (exact) mass is 302 g/mol. The van der Waals surface area contributed by atoms with E-state index in [-0.39, 0.29) is 6.61 Å². The lowest BCUT2D eigenvalue weighted by Gasteiger charge is -2.47. The fraction of sp³-hybridized carbons (Fsp3) is 0.867. The van der Waals surface area contributed by atoms with E-state index in [2.05, 4.69) is 41.5 Å². The molecule has 0 bridgehead atoms. The maximum Gasteiger partial charge on any atom is 0.149 e. The zero-order valence-corrected chi connectivity index (χ0v) is 14.5. The van der Waals surface area contributed by atoms with E-state index in [0.717, 1.165) is 5.38 Å². The third-order valence-electron chi connectivity index (χ3n) is 4.80. The maximum atomic E-state index is 10.1. The molecule has 0 aromatic carbocycles. The molecule has 0 saturated heterocycles. The first-order chi connectivity index (χ1) is 9.19. The van der Waals surface area contributed by atoms with E-state index in [9.17, 15) is 15.3 Å². The molecule has 0 unspecified atom stereocenters. The molecule has 20 heavy (non-hydrogen) atoms. The van der Waals surface area contributed by atoms with Gasteiger partial charge in [0.25, 0.3) is 0 Å². The van der Waals surface area contributed by atoms with Crippen LogP contribution in [0.1, 0.15) is 41.5 Å². The second-order valence-electron chi connectivity index (χ2n) is 6.75. The highest BCUT2D eigenvalue weighted by Gasteiger charge is 2.50. The third kappa shape index (κ3) is 2.82. The minimum Gasteiger partial charge on any atom is -0.495 e. The summed E-state index contributed by atoms with van der Waals surface area (Å²) in [5, 5.41) is 30.1. The van der Waals surface area contributed by atoms with Gasteiger partial charge in [0, 0.05) is 0 Å². The SMILES string of the molecule is CC(C)[Si](C1=C[C@H](O)[C@@H](O)[C@H](CO)O1)(C(C)C)C(C)C. The number of ether oxygens (including phenoxy) is 1. The van der Waals surface area contributed by atoms with Crippen LogP contribution >= 0.6 is 0 Å². The summed E-state index contributed by atoms with van der Waals surface area (Å²) in [7, 11) is -2.00. The molecule has 0 aliphatic carbocycles. The molecule has 0 amide bonds. The lowest BCUT2D eigenvalue weighted by atomic mass is 10.1. The molecular formula is C15H30O4Si. The largest absolute Gasteiger partial charge is 0.495 e. The van der Waals surface area contributed by atoms with E-state index < -0.39 is 26.4 Å². The van der Waals surface area contributed by atoms with Crippen LogP contribution in [0.25, 0.3) is 0 Å². The molecule has 1 heterocycles. The van der Waals surface area contributed by atoms with Crippen LogP contribution in [-0.4, -0.2) is 48.3 Å². The molecule has 118 valence electrons. The average molecular weight is 302 g/mol. The van der Waals surface area contributed by atoms with Crippen LogP contribution in [0.2, 0.25) is 16.6 Å². The van der Waals surface area contributed by atoms with Crippen LogP contribution in [0.15, 0.2) is 11.5 Å². The smallest absolute Gasteiger partial charge is 0.149 e. The molecule has 5 heteroatoms. The molecule has 4 nitrogen and oxygen atoms in total. The Balaban J connectivity index is 3.31. The van der Waals surface area contributed by atoms with Crippen LogP contribution in [-0.2, 0) is 4.74 Å². The summed E-state index contributed by atoms with van der Waals surface area (Å²) >= 11 is 0. The van der Waals surface area contributed by atoms with Crippen LogP contribution in [0, 0.1) is 0 Å². The normalized spacial score (nSPS) is 28.0. The van der Waals surface area contributed by atoms with Gasteiger partial charge in [-0.25, -0.2) is 0 Å². The van der Waals surface area contributed by atoms with Gasteiger partial charge in [-0.2, -0.15) is 0 Å². The van der Waals surface area contributed by atoms with Crippen molar-refractivity contribution in [3.8, 4) is 0 Å². The Labute approximate surface area is 123 Å². The van der Waals surface area contributed by atoms with Crippen LogP contribution in [0.4, 0.5) is 0 Å². The van der Waals surface area contributed by atoms with Crippen molar-refractivity contribution in [1.82, 2.24) is 0 Å². The van der Waals surface area contributed by atoms with E-state index in [1.165, 1.54) is 0 Å². The number of hydrogen-bond acceptors (Lipinski definition) is 4. The van der Waals surface area contributed by atoms with E-state index in [4.69, 9.17) is 4.74 Å². The van der Waals surface area contributed by atoms with Gasteiger partial charge in [0.2, 0.25) is 0 Å². The third-order valence-corrected chi connectivity index (χ3v) is 11.7. The van der Waals surface area contributed by atoms with E-state index in [1.54, 1.807) is 6.08 Å². The topological polar surface area (TPSA) is 69.9 Å². The minimum absolute atomic E-state index is 0.283. The first kappa shape index (κ1) is 17.7. The molecule has 0 spiro atoms. The van der Waals surface area contributed by atoms with Gasteiger partial charge in [0.05, 0.1) is 12.0 Å². The first-order valence-corrected chi connectivity index (χ1v) is 9.78. The summed E-state index contributed by atoms with van der Waals surface area (Å²) in [5.41, 5.74) is 1.36. The highest BCUT2D eigenvalue weighted by molar-refractivity contribution is 6.89. The molecule has 1 aliphatic rings. The van der Waals surface area contributed by atoms with Gasteiger partial charge in [-0.05, 0) is 22.7 Å². The molecule has 0 aromatic heterocycles. The van der Waals surface area contributed by atoms with Crippen molar-refractivity contribution < 1.29 is 20.1 Å². The molecular weight excluding hydrogens is 272 g/mol. The summed E-state index contributed by atoms with van der Waals surface area (Å²) in [6, 6.07) is 0. The lowest BCUT2D eigenvalue weighted by molar-refractivity contribution is -0.0861. The van der Waals surface area contributed by atoms with Crippen molar-refractivity contribution in [3.63, 3.8) is 0 Å². The van der Waals surface area contributed by atoms with Crippen molar-refractivity contribution in [2.45, 2.75) is 76.5 Å². The molecule has 0 radical (unpaired) electrons. The fourth-order valence-corrected chi connectivity index (χ4v) is 10.5. The molecule has 0 fully saturated rings. The summed E-state index contributed by atoms with van der Waals surface area (Å²) in [4.78, 5) is 0. The van der Waals surface area contributed by atoms with Crippen molar-refractivity contribution >= 4 is 8.07 Å². The molecule has 0 saturated carbocycles. The quantitative estimate of drug-likeness (QED) is 0.681. The Hall–Kier alpha value is -0.363. The second kappa shape index (κ2) is 6.60. The van der Waals surface area contributed by atoms with Gasteiger partial charge in [0.15, 0.2) is 0 Å². The molecule has 1 rings (SSSR count). The zero-order chi connectivity index (χ0) is 15.7. The highest BCUT2D eigenvalue weighted by atomic mass is 28.3. The number of aliphatic hydroxyl groups is 3. The Morgan fingerprint density at radius 3 is 1.85 bits per heavy atom. The zero-order valence-electron chi connectivity index (χ0n) is 13.5. The van der Waals surface area contributed by atoms with Crippen LogP contribution in [0.3, 0.4) is 0 Å². The second-order valence-corrected chi connectivity index (χ2v) is 12.6. The predicted molar refractivity (Wildman–Crippen MR) is 83.1 cm³/mol.